The molecule has 4 nitrogen and oxygen atoms in total. The van der Waals surface area contributed by atoms with Gasteiger partial charge in [-0.25, -0.2) is 10.2 Å². The van der Waals surface area contributed by atoms with Gasteiger partial charge in [0.05, 0.1) is 6.21 Å². The Bertz CT molecular complexity index is 626. The molecule has 0 spiro atoms. The molecule has 2 aromatic carbocycles. The minimum atomic E-state index is -0.376. The quantitative estimate of drug-likeness (QED) is 0.650. The van der Waals surface area contributed by atoms with Crippen molar-refractivity contribution in [3.05, 3.63) is 64.1 Å². The molecule has 20 heavy (non-hydrogen) atoms. The first-order valence-corrected chi connectivity index (χ1v) is 6.86. The maximum Gasteiger partial charge on any atom is 0.339 e. The zero-order valence-corrected chi connectivity index (χ0v) is 12.5. The second-order valence-electron chi connectivity index (χ2n) is 4.20. The fourth-order valence-corrected chi connectivity index (χ4v) is 1.83. The average Bonchev–Trinajstić information content (AvgIpc) is 2.44. The third-order valence-electron chi connectivity index (χ3n) is 2.60. The fourth-order valence-electron chi connectivity index (χ4n) is 1.59. The molecule has 0 heterocycles. The zero-order valence-electron chi connectivity index (χ0n) is 10.9. The van der Waals surface area contributed by atoms with Crippen molar-refractivity contribution >= 4 is 33.9 Å². The van der Waals surface area contributed by atoms with E-state index in [0.717, 1.165) is 21.3 Å². The third-order valence-corrected chi connectivity index (χ3v) is 3.48. The number of amides is 2. The summed E-state index contributed by atoms with van der Waals surface area (Å²) in [6.45, 7) is 1.96. The van der Waals surface area contributed by atoms with Gasteiger partial charge in [-0.05, 0) is 36.2 Å². The van der Waals surface area contributed by atoms with E-state index in [1.807, 2.05) is 55.5 Å². The Morgan fingerprint density at radius 3 is 2.65 bits per heavy atom. The highest BCUT2D eigenvalue weighted by Gasteiger charge is 2.01. The fraction of sp³-hybridized carbons (Fsp3) is 0.0667. The van der Waals surface area contributed by atoms with Gasteiger partial charge in [0, 0.05) is 10.2 Å². The number of hydrogen-bond donors (Lipinski definition) is 2. The molecule has 0 saturated heterocycles. The van der Waals surface area contributed by atoms with E-state index in [4.69, 9.17) is 0 Å². The van der Waals surface area contributed by atoms with Crippen molar-refractivity contribution in [2.45, 2.75) is 6.92 Å². The lowest BCUT2D eigenvalue weighted by Crippen LogP contribution is -2.24. The predicted octanol–water partition coefficient (Wildman–Crippen LogP) is 3.91. The zero-order chi connectivity index (χ0) is 14.4. The highest BCUT2D eigenvalue weighted by molar-refractivity contribution is 9.10. The molecule has 0 saturated carbocycles. The number of benzene rings is 2. The largest absolute Gasteiger partial charge is 0.339 e. The first kappa shape index (κ1) is 14.3. The van der Waals surface area contributed by atoms with E-state index in [9.17, 15) is 4.79 Å². The maximum absolute atomic E-state index is 11.7. The second kappa shape index (κ2) is 6.86. The lowest BCUT2D eigenvalue weighted by atomic mass is 10.2. The van der Waals surface area contributed by atoms with Crippen LogP contribution in [0.15, 0.2) is 58.1 Å². The van der Waals surface area contributed by atoms with Gasteiger partial charge in [0.25, 0.3) is 0 Å². The third kappa shape index (κ3) is 4.20. The SMILES string of the molecule is Cc1cc(NC(=O)N/N=C/c2ccccc2)ccc1Br. The number of nitrogens with one attached hydrogen (secondary N) is 2. The molecule has 0 aliphatic rings. The minimum Gasteiger partial charge on any atom is -0.307 e. The van der Waals surface area contributed by atoms with Gasteiger partial charge in [0.2, 0.25) is 0 Å². The Kier molecular flexibility index (Phi) is 4.90. The summed E-state index contributed by atoms with van der Waals surface area (Å²) in [4.78, 5) is 11.7. The molecule has 2 N–H and O–H groups in total. The lowest BCUT2D eigenvalue weighted by molar-refractivity contribution is 0.252. The van der Waals surface area contributed by atoms with Crippen molar-refractivity contribution in [2.24, 2.45) is 5.10 Å². The van der Waals surface area contributed by atoms with Crippen LogP contribution < -0.4 is 10.7 Å². The van der Waals surface area contributed by atoms with E-state index >= 15 is 0 Å². The summed E-state index contributed by atoms with van der Waals surface area (Å²) in [6.07, 6.45) is 1.59. The Balaban J connectivity index is 1.89. The number of urea groups is 1. The van der Waals surface area contributed by atoms with Gasteiger partial charge < -0.3 is 5.32 Å². The van der Waals surface area contributed by atoms with E-state index in [-0.39, 0.29) is 6.03 Å². The van der Waals surface area contributed by atoms with E-state index in [1.54, 1.807) is 6.21 Å². The van der Waals surface area contributed by atoms with Crippen LogP contribution in [0, 0.1) is 6.92 Å². The van der Waals surface area contributed by atoms with Crippen molar-refractivity contribution in [1.29, 1.82) is 0 Å². The van der Waals surface area contributed by atoms with Crippen molar-refractivity contribution in [1.82, 2.24) is 5.43 Å². The van der Waals surface area contributed by atoms with Crippen LogP contribution in [0.1, 0.15) is 11.1 Å². The topological polar surface area (TPSA) is 53.5 Å². The highest BCUT2D eigenvalue weighted by Crippen LogP contribution is 2.19. The highest BCUT2D eigenvalue weighted by atomic mass is 79.9. The summed E-state index contributed by atoms with van der Waals surface area (Å²) in [5.74, 6) is 0. The van der Waals surface area contributed by atoms with Gasteiger partial charge in [-0.15, -0.1) is 0 Å². The molecule has 0 fully saturated rings. The summed E-state index contributed by atoms with van der Waals surface area (Å²) in [5.41, 5.74) is 5.12. The summed E-state index contributed by atoms with van der Waals surface area (Å²) in [6, 6.07) is 14.8. The molecule has 0 aliphatic heterocycles. The summed E-state index contributed by atoms with van der Waals surface area (Å²) in [7, 11) is 0. The predicted molar refractivity (Wildman–Crippen MR) is 85.1 cm³/mol. The number of halogens is 1. The molecule has 102 valence electrons. The summed E-state index contributed by atoms with van der Waals surface area (Å²) < 4.78 is 1.01. The van der Waals surface area contributed by atoms with Crippen LogP contribution in [0.3, 0.4) is 0 Å². The van der Waals surface area contributed by atoms with Gasteiger partial charge in [0.15, 0.2) is 0 Å². The van der Waals surface area contributed by atoms with Crippen LogP contribution >= 0.6 is 15.9 Å². The number of carbonyl (C=O) groups is 1. The molecule has 2 rings (SSSR count). The molecular weight excluding hydrogens is 318 g/mol. The van der Waals surface area contributed by atoms with Crippen LogP contribution in [0.2, 0.25) is 0 Å². The van der Waals surface area contributed by atoms with E-state index in [1.165, 1.54) is 0 Å². The van der Waals surface area contributed by atoms with Crippen LogP contribution in [0.25, 0.3) is 0 Å². The number of rotatable bonds is 3. The number of aryl methyl sites for hydroxylation is 1. The van der Waals surface area contributed by atoms with Crippen LogP contribution in [-0.2, 0) is 0 Å². The smallest absolute Gasteiger partial charge is 0.307 e. The van der Waals surface area contributed by atoms with Gasteiger partial charge >= 0.3 is 6.03 Å². The van der Waals surface area contributed by atoms with Crippen molar-refractivity contribution in [3.8, 4) is 0 Å². The molecule has 0 aromatic heterocycles. The van der Waals surface area contributed by atoms with Crippen LogP contribution in [0.4, 0.5) is 10.5 Å². The number of carbonyl (C=O) groups excluding carboxylic acids is 1. The Morgan fingerprint density at radius 1 is 1.20 bits per heavy atom. The molecule has 0 aliphatic carbocycles. The first-order chi connectivity index (χ1) is 9.65. The monoisotopic (exact) mass is 331 g/mol. The normalized spacial score (nSPS) is 10.5. The van der Waals surface area contributed by atoms with Crippen molar-refractivity contribution < 1.29 is 4.79 Å². The van der Waals surface area contributed by atoms with Crippen molar-refractivity contribution in [3.63, 3.8) is 0 Å². The van der Waals surface area contributed by atoms with Crippen LogP contribution in [0.5, 0.6) is 0 Å². The molecular formula is C15H14BrN3O. The summed E-state index contributed by atoms with van der Waals surface area (Å²) >= 11 is 3.41. The molecule has 2 aromatic rings. The average molecular weight is 332 g/mol. The van der Waals surface area contributed by atoms with E-state index in [0.29, 0.717) is 0 Å². The summed E-state index contributed by atoms with van der Waals surface area (Å²) in [5, 5.41) is 6.59. The molecule has 0 bridgehead atoms. The second-order valence-corrected chi connectivity index (χ2v) is 5.05. The molecule has 0 unspecified atom stereocenters. The van der Waals surface area contributed by atoms with Gasteiger partial charge in [0.1, 0.15) is 0 Å². The Hall–Kier alpha value is -2.14. The maximum atomic E-state index is 11.7. The van der Waals surface area contributed by atoms with E-state index < -0.39 is 0 Å². The number of anilines is 1. The van der Waals surface area contributed by atoms with Gasteiger partial charge in [-0.3, -0.25) is 0 Å². The Morgan fingerprint density at radius 2 is 1.95 bits per heavy atom. The minimum absolute atomic E-state index is 0.376. The van der Waals surface area contributed by atoms with Gasteiger partial charge in [-0.2, -0.15) is 5.10 Å². The van der Waals surface area contributed by atoms with Crippen LogP contribution in [-0.4, -0.2) is 12.2 Å². The number of nitrogens with zero attached hydrogens (tertiary/aromatic N) is 1. The molecule has 2 amide bonds. The van der Waals surface area contributed by atoms with Gasteiger partial charge in [-0.1, -0.05) is 46.3 Å². The van der Waals surface area contributed by atoms with Crippen molar-refractivity contribution in [2.75, 3.05) is 5.32 Å². The number of hydrazone groups is 1. The van der Waals surface area contributed by atoms with E-state index in [2.05, 4.69) is 31.8 Å². The standard InChI is InChI=1S/C15H14BrN3O/c1-11-9-13(7-8-14(11)16)18-15(20)19-17-10-12-5-3-2-4-6-12/h2-10H,1H3,(H2,18,19,20)/b17-10+. The molecule has 0 radical (unpaired) electrons. The first-order valence-electron chi connectivity index (χ1n) is 6.06. The molecule has 5 heteroatoms. The lowest BCUT2D eigenvalue weighted by Gasteiger charge is -2.06. The Labute approximate surface area is 126 Å². The molecule has 0 atom stereocenters. The number of hydrogen-bond acceptors (Lipinski definition) is 2.